The molecule has 1 amide bonds. The number of pyridine rings is 1. The molecule has 0 spiro atoms. The third-order valence-electron chi connectivity index (χ3n) is 7.96. The molecule has 1 aliphatic heterocycles. The van der Waals surface area contributed by atoms with Crippen LogP contribution in [0.15, 0.2) is 62.1 Å². The quantitative estimate of drug-likeness (QED) is 0.211. The summed E-state index contributed by atoms with van der Waals surface area (Å²) in [5.74, 6) is 0.536. The number of aromatic nitrogens is 5. The summed E-state index contributed by atoms with van der Waals surface area (Å²) in [6.07, 6.45) is 9.30. The van der Waals surface area contributed by atoms with E-state index in [1.807, 2.05) is 35.5 Å². The maximum Gasteiger partial charge on any atom is 0.272 e. The molecule has 4 aromatic rings. The Morgan fingerprint density at radius 2 is 1.90 bits per heavy atom. The van der Waals surface area contributed by atoms with Crippen LogP contribution in [0.2, 0.25) is 0 Å². The van der Waals surface area contributed by atoms with Crippen LogP contribution in [0.1, 0.15) is 28.5 Å². The number of aromatic amines is 2. The van der Waals surface area contributed by atoms with Crippen LogP contribution in [0.5, 0.6) is 0 Å². The predicted molar refractivity (Wildman–Crippen MR) is 168 cm³/mol. The van der Waals surface area contributed by atoms with Gasteiger partial charge in [-0.15, -0.1) is 13.2 Å². The lowest BCUT2D eigenvalue weighted by Gasteiger charge is -2.35. The van der Waals surface area contributed by atoms with Crippen molar-refractivity contribution >= 4 is 16.8 Å². The smallest absolute Gasteiger partial charge is 0.272 e. The number of carbonyl (C=O) groups excluding carboxylic acids is 1. The van der Waals surface area contributed by atoms with Crippen molar-refractivity contribution in [2.75, 3.05) is 58.9 Å². The second-order valence-corrected chi connectivity index (χ2v) is 10.7. The predicted octanol–water partition coefficient (Wildman–Crippen LogP) is 3.86. The molecule has 0 bridgehead atoms. The minimum atomic E-state index is -0.0342. The molecule has 0 unspecified atom stereocenters. The first-order valence-corrected chi connectivity index (χ1v) is 14.7. The molecule has 1 saturated heterocycles. The van der Waals surface area contributed by atoms with Gasteiger partial charge in [0.05, 0.1) is 11.7 Å². The standard InChI is InChI=1S/C32H41N9O/c1-5-10-39(11-6-2)12-13-40-14-16-41(17-15-40)32(42)29-22-35-31(36-29)30-26-18-24(8-9-28(26)37-38-30)27-21-34-20-25(23(27)4)19-33-7-3/h5-6,8-9,18,20-22,33H,1-2,7,10-17,19H2,3-4H3,(H,35,36)(H,37,38). The number of nitrogens with one attached hydrogen (secondary N) is 3. The molecule has 0 saturated carbocycles. The number of hydrogen-bond donors (Lipinski definition) is 3. The highest BCUT2D eigenvalue weighted by molar-refractivity contribution is 5.96. The summed E-state index contributed by atoms with van der Waals surface area (Å²) in [4.78, 5) is 32.2. The molecule has 42 heavy (non-hydrogen) atoms. The molecule has 1 aromatic carbocycles. The molecule has 1 aliphatic rings. The number of nitrogens with zero attached hydrogens (tertiary/aromatic N) is 6. The highest BCUT2D eigenvalue weighted by Gasteiger charge is 2.24. The van der Waals surface area contributed by atoms with Gasteiger partial charge in [-0.2, -0.15) is 5.10 Å². The number of piperazine rings is 1. The fourth-order valence-corrected chi connectivity index (χ4v) is 5.46. The third kappa shape index (κ3) is 6.51. The Hall–Kier alpha value is -4.12. The molecule has 4 heterocycles. The van der Waals surface area contributed by atoms with Gasteiger partial charge in [0, 0.05) is 82.2 Å². The van der Waals surface area contributed by atoms with Gasteiger partial charge >= 0.3 is 0 Å². The van der Waals surface area contributed by atoms with E-state index in [9.17, 15) is 4.79 Å². The van der Waals surface area contributed by atoms with Gasteiger partial charge in [-0.25, -0.2) is 4.98 Å². The van der Waals surface area contributed by atoms with E-state index in [0.717, 1.165) is 74.4 Å². The van der Waals surface area contributed by atoms with Gasteiger partial charge in [-0.3, -0.25) is 24.7 Å². The Bertz CT molecular complexity index is 1520. The van der Waals surface area contributed by atoms with E-state index in [2.05, 4.69) is 79.4 Å². The summed E-state index contributed by atoms with van der Waals surface area (Å²) >= 11 is 0. The molecule has 3 aromatic heterocycles. The number of fused-ring (bicyclic) bond motifs is 1. The van der Waals surface area contributed by atoms with Crippen molar-refractivity contribution in [3.63, 3.8) is 0 Å². The minimum Gasteiger partial charge on any atom is -0.335 e. The van der Waals surface area contributed by atoms with Crippen LogP contribution in [0.3, 0.4) is 0 Å². The zero-order valence-electron chi connectivity index (χ0n) is 24.7. The Balaban J connectivity index is 1.27. The van der Waals surface area contributed by atoms with Crippen LogP contribution in [-0.4, -0.2) is 105 Å². The number of carbonyl (C=O) groups is 1. The molecule has 220 valence electrons. The number of H-pyrrole nitrogens is 2. The van der Waals surface area contributed by atoms with Crippen LogP contribution < -0.4 is 5.32 Å². The van der Waals surface area contributed by atoms with Crippen LogP contribution in [-0.2, 0) is 6.54 Å². The average molecular weight is 568 g/mol. The van der Waals surface area contributed by atoms with Crippen molar-refractivity contribution < 1.29 is 4.79 Å². The summed E-state index contributed by atoms with van der Waals surface area (Å²) in [5.41, 5.74) is 6.60. The van der Waals surface area contributed by atoms with Crippen molar-refractivity contribution in [1.82, 2.24) is 45.2 Å². The van der Waals surface area contributed by atoms with Gasteiger partial charge < -0.3 is 15.2 Å². The molecule has 1 fully saturated rings. The molecular formula is C32H41N9O. The molecular weight excluding hydrogens is 526 g/mol. The van der Waals surface area contributed by atoms with Crippen molar-refractivity contribution in [2.24, 2.45) is 0 Å². The van der Waals surface area contributed by atoms with Gasteiger partial charge in [0.25, 0.3) is 5.91 Å². The first kappa shape index (κ1) is 29.4. The molecule has 10 heteroatoms. The first-order valence-electron chi connectivity index (χ1n) is 14.7. The van der Waals surface area contributed by atoms with Gasteiger partial charge in [-0.1, -0.05) is 25.1 Å². The molecule has 0 radical (unpaired) electrons. The number of rotatable bonds is 13. The van der Waals surface area contributed by atoms with E-state index in [-0.39, 0.29) is 5.91 Å². The van der Waals surface area contributed by atoms with E-state index in [4.69, 9.17) is 0 Å². The fraction of sp³-hybridized carbons (Fsp3) is 0.375. The van der Waals surface area contributed by atoms with E-state index < -0.39 is 0 Å². The number of imidazole rings is 1. The summed E-state index contributed by atoms with van der Waals surface area (Å²) in [6, 6.07) is 6.22. The third-order valence-corrected chi connectivity index (χ3v) is 7.96. The van der Waals surface area contributed by atoms with Crippen molar-refractivity contribution in [3.8, 4) is 22.6 Å². The first-order chi connectivity index (χ1) is 20.5. The molecule has 0 atom stereocenters. The summed E-state index contributed by atoms with van der Waals surface area (Å²) in [7, 11) is 0. The van der Waals surface area contributed by atoms with E-state index in [1.165, 1.54) is 11.1 Å². The lowest BCUT2D eigenvalue weighted by atomic mass is 9.98. The maximum absolute atomic E-state index is 13.3. The summed E-state index contributed by atoms with van der Waals surface area (Å²) in [6.45, 7) is 20.3. The number of benzene rings is 1. The number of amides is 1. The maximum atomic E-state index is 13.3. The van der Waals surface area contributed by atoms with Gasteiger partial charge in [0.15, 0.2) is 5.82 Å². The zero-order valence-corrected chi connectivity index (χ0v) is 24.7. The highest BCUT2D eigenvalue weighted by atomic mass is 16.2. The lowest BCUT2D eigenvalue weighted by Crippen LogP contribution is -2.50. The molecule has 5 rings (SSSR count). The van der Waals surface area contributed by atoms with Gasteiger partial charge in [0.1, 0.15) is 11.4 Å². The molecule has 0 aliphatic carbocycles. The lowest BCUT2D eigenvalue weighted by molar-refractivity contribution is 0.0621. The largest absolute Gasteiger partial charge is 0.335 e. The Kier molecular flexibility index (Phi) is 9.58. The summed E-state index contributed by atoms with van der Waals surface area (Å²) in [5, 5.41) is 12.0. The second-order valence-electron chi connectivity index (χ2n) is 10.7. The monoisotopic (exact) mass is 567 g/mol. The molecule has 10 nitrogen and oxygen atoms in total. The topological polar surface area (TPSA) is 109 Å². The van der Waals surface area contributed by atoms with Crippen molar-refractivity contribution in [1.29, 1.82) is 0 Å². The number of hydrogen-bond acceptors (Lipinski definition) is 7. The zero-order chi connectivity index (χ0) is 29.5. The van der Waals surface area contributed by atoms with Gasteiger partial charge in [-0.05, 0) is 42.3 Å². The minimum absolute atomic E-state index is 0.0342. The fourth-order valence-electron chi connectivity index (χ4n) is 5.46. The van der Waals surface area contributed by atoms with Crippen LogP contribution >= 0.6 is 0 Å². The molecule has 3 N–H and O–H groups in total. The van der Waals surface area contributed by atoms with Crippen LogP contribution in [0.25, 0.3) is 33.5 Å². The Labute approximate surface area is 247 Å². The van der Waals surface area contributed by atoms with Crippen molar-refractivity contribution in [3.05, 3.63) is 78.9 Å². The average Bonchev–Trinajstić information content (AvgIpc) is 3.67. The van der Waals surface area contributed by atoms with Crippen LogP contribution in [0, 0.1) is 6.92 Å². The van der Waals surface area contributed by atoms with Crippen LogP contribution in [0.4, 0.5) is 0 Å². The van der Waals surface area contributed by atoms with E-state index in [1.54, 1.807) is 6.20 Å². The second kappa shape index (κ2) is 13.7. The van der Waals surface area contributed by atoms with Gasteiger partial charge in [0.2, 0.25) is 0 Å². The van der Waals surface area contributed by atoms with E-state index >= 15 is 0 Å². The van der Waals surface area contributed by atoms with E-state index in [0.29, 0.717) is 30.3 Å². The Morgan fingerprint density at radius 1 is 1.12 bits per heavy atom. The Morgan fingerprint density at radius 3 is 2.64 bits per heavy atom. The van der Waals surface area contributed by atoms with Crippen molar-refractivity contribution in [2.45, 2.75) is 20.4 Å². The highest BCUT2D eigenvalue weighted by Crippen LogP contribution is 2.31. The normalized spacial score (nSPS) is 14.1. The summed E-state index contributed by atoms with van der Waals surface area (Å²) < 4.78 is 0. The SMILES string of the molecule is C=CCN(CC=C)CCN1CCN(C(=O)c2cnc(-c3n[nH]c4ccc(-c5cncc(CNCC)c5C)cc34)[nH]2)CC1.